The van der Waals surface area contributed by atoms with Gasteiger partial charge in [-0.25, -0.2) is 0 Å². The monoisotopic (exact) mass is 478 g/mol. The molecule has 196 valence electrons. The molecule has 0 aliphatic heterocycles. The quantitative estimate of drug-likeness (QED) is 0.486. The summed E-state index contributed by atoms with van der Waals surface area (Å²) in [6.45, 7) is 15.1. The molecule has 34 heavy (non-hydrogen) atoms. The van der Waals surface area contributed by atoms with Crippen LogP contribution < -0.4 is 0 Å². The minimum absolute atomic E-state index is 0.000581. The predicted octanol–water partition coefficient (Wildman–Crippen LogP) is 4.20. The highest BCUT2D eigenvalue weighted by atomic mass is 16.3. The maximum absolute atomic E-state index is 13.3. The molecular formula is C29H50O5. The molecule has 0 radical (unpaired) electrons. The lowest BCUT2D eigenvalue weighted by molar-refractivity contribution is -0.175. The van der Waals surface area contributed by atoms with Crippen molar-refractivity contribution in [2.24, 2.45) is 57.7 Å². The lowest BCUT2D eigenvalue weighted by Crippen LogP contribution is -2.59. The molecule has 4 N–H and O–H groups in total. The van der Waals surface area contributed by atoms with Crippen LogP contribution in [0.4, 0.5) is 0 Å². The summed E-state index contributed by atoms with van der Waals surface area (Å²) in [4.78, 5) is 13.3. The van der Waals surface area contributed by atoms with Crippen LogP contribution in [-0.2, 0) is 4.79 Å². The van der Waals surface area contributed by atoms with Gasteiger partial charge in [0.1, 0.15) is 5.78 Å². The fourth-order valence-corrected chi connectivity index (χ4v) is 9.33. The lowest BCUT2D eigenvalue weighted by atomic mass is 9.44. The van der Waals surface area contributed by atoms with E-state index in [1.807, 2.05) is 6.92 Å². The van der Waals surface area contributed by atoms with E-state index in [-0.39, 0.29) is 39.8 Å². The Morgan fingerprint density at radius 2 is 1.53 bits per heavy atom. The molecule has 4 saturated carbocycles. The third-order valence-corrected chi connectivity index (χ3v) is 12.0. The van der Waals surface area contributed by atoms with Crippen LogP contribution in [0.1, 0.15) is 93.4 Å². The predicted molar refractivity (Wildman–Crippen MR) is 133 cm³/mol. The molecular weight excluding hydrogens is 428 g/mol. The van der Waals surface area contributed by atoms with Crippen molar-refractivity contribution in [1.82, 2.24) is 0 Å². The van der Waals surface area contributed by atoms with Gasteiger partial charge in [0.2, 0.25) is 0 Å². The standard InChI is InChI=1S/C29H50O5/c1-15(25(33)26(34)16(2)27(3,4)5)18-8-9-19-17-12-22(30)21-13-23(31)24(32)14-29(21,7)20(17)10-11-28(18,19)6/h15-21,23-26,31-34H,8-14H2,1-7H3. The Balaban J connectivity index is 1.55. The van der Waals surface area contributed by atoms with Crippen molar-refractivity contribution < 1.29 is 25.2 Å². The number of ketones is 1. The number of hydrogen-bond acceptors (Lipinski definition) is 5. The topological polar surface area (TPSA) is 98.0 Å². The third kappa shape index (κ3) is 4.01. The van der Waals surface area contributed by atoms with Gasteiger partial charge in [0.25, 0.3) is 0 Å². The summed E-state index contributed by atoms with van der Waals surface area (Å²) in [6.07, 6.45) is 2.72. The first-order valence-corrected chi connectivity index (χ1v) is 13.9. The number of rotatable bonds is 4. The minimum atomic E-state index is -0.785. The fourth-order valence-electron chi connectivity index (χ4n) is 9.33. The first-order chi connectivity index (χ1) is 15.6. The van der Waals surface area contributed by atoms with Gasteiger partial charge in [0, 0.05) is 12.3 Å². The third-order valence-electron chi connectivity index (χ3n) is 12.0. The van der Waals surface area contributed by atoms with Gasteiger partial charge in [-0.2, -0.15) is 0 Å². The van der Waals surface area contributed by atoms with E-state index in [4.69, 9.17) is 0 Å². The molecule has 13 unspecified atom stereocenters. The first-order valence-electron chi connectivity index (χ1n) is 13.9. The molecule has 0 spiro atoms. The molecule has 0 aromatic heterocycles. The molecule has 0 heterocycles. The summed E-state index contributed by atoms with van der Waals surface area (Å²) in [6, 6.07) is 0. The SMILES string of the molecule is CC(C(O)C(O)C(C)C(C)(C)C)C1CCC2C3CC(=O)C4CC(O)C(O)CC4(C)C3CCC12C. The molecule has 0 amide bonds. The van der Waals surface area contributed by atoms with Gasteiger partial charge in [-0.15, -0.1) is 0 Å². The molecule has 0 aromatic carbocycles. The maximum atomic E-state index is 13.3. The molecule has 0 aromatic rings. The molecule has 5 nitrogen and oxygen atoms in total. The van der Waals surface area contributed by atoms with Crippen molar-refractivity contribution in [3.05, 3.63) is 0 Å². The summed E-state index contributed by atoms with van der Waals surface area (Å²) in [7, 11) is 0. The van der Waals surface area contributed by atoms with E-state index in [0.717, 1.165) is 25.7 Å². The van der Waals surface area contributed by atoms with E-state index in [1.165, 1.54) is 0 Å². The number of hydrogen-bond donors (Lipinski definition) is 4. The second-order valence-electron chi connectivity index (χ2n) is 14.4. The average Bonchev–Trinajstić information content (AvgIpc) is 3.10. The van der Waals surface area contributed by atoms with Gasteiger partial charge in [-0.05, 0) is 90.3 Å². The van der Waals surface area contributed by atoms with Gasteiger partial charge < -0.3 is 20.4 Å². The highest BCUT2D eigenvalue weighted by Crippen LogP contribution is 2.68. The van der Waals surface area contributed by atoms with Crippen LogP contribution in [0.3, 0.4) is 0 Å². The van der Waals surface area contributed by atoms with Gasteiger partial charge in [-0.1, -0.05) is 48.5 Å². The van der Waals surface area contributed by atoms with E-state index in [0.29, 0.717) is 42.9 Å². The first kappa shape index (κ1) is 26.6. The molecule has 4 rings (SSSR count). The number of aliphatic hydroxyl groups is 4. The average molecular weight is 479 g/mol. The van der Waals surface area contributed by atoms with Crippen LogP contribution in [0.15, 0.2) is 0 Å². The van der Waals surface area contributed by atoms with E-state index in [2.05, 4.69) is 41.5 Å². The maximum Gasteiger partial charge on any atom is 0.136 e. The van der Waals surface area contributed by atoms with Crippen molar-refractivity contribution in [2.45, 2.75) is 118 Å². The molecule has 4 fully saturated rings. The highest BCUT2D eigenvalue weighted by Gasteiger charge is 2.63. The Morgan fingerprint density at radius 3 is 2.15 bits per heavy atom. The van der Waals surface area contributed by atoms with Crippen LogP contribution in [-0.4, -0.2) is 50.6 Å². The number of fused-ring (bicyclic) bond motifs is 5. The number of carbonyl (C=O) groups is 1. The summed E-state index contributed by atoms with van der Waals surface area (Å²) in [5.41, 5.74) is -0.253. The molecule has 0 saturated heterocycles. The molecule has 4 aliphatic rings. The summed E-state index contributed by atoms with van der Waals surface area (Å²) >= 11 is 0. The largest absolute Gasteiger partial charge is 0.390 e. The van der Waals surface area contributed by atoms with Crippen molar-refractivity contribution in [2.75, 3.05) is 0 Å². The Bertz CT molecular complexity index is 775. The zero-order valence-corrected chi connectivity index (χ0v) is 22.5. The van der Waals surface area contributed by atoms with E-state index in [1.54, 1.807) is 0 Å². The van der Waals surface area contributed by atoms with Gasteiger partial charge in [-0.3, -0.25) is 4.79 Å². The van der Waals surface area contributed by atoms with Crippen molar-refractivity contribution in [1.29, 1.82) is 0 Å². The fraction of sp³-hybridized carbons (Fsp3) is 0.966. The van der Waals surface area contributed by atoms with E-state index < -0.39 is 24.4 Å². The Kier molecular flexibility index (Phi) is 6.89. The van der Waals surface area contributed by atoms with Gasteiger partial charge in [0.15, 0.2) is 0 Å². The van der Waals surface area contributed by atoms with Crippen molar-refractivity contribution in [3.63, 3.8) is 0 Å². The van der Waals surface area contributed by atoms with E-state index >= 15 is 0 Å². The smallest absolute Gasteiger partial charge is 0.136 e. The van der Waals surface area contributed by atoms with Crippen molar-refractivity contribution >= 4 is 5.78 Å². The van der Waals surface area contributed by atoms with Crippen LogP contribution >= 0.6 is 0 Å². The Hall–Kier alpha value is -0.490. The molecule has 0 bridgehead atoms. The number of carbonyl (C=O) groups excluding carboxylic acids is 1. The second kappa shape index (κ2) is 8.82. The Morgan fingerprint density at radius 1 is 0.912 bits per heavy atom. The van der Waals surface area contributed by atoms with Crippen molar-refractivity contribution in [3.8, 4) is 0 Å². The second-order valence-corrected chi connectivity index (χ2v) is 14.4. The van der Waals surface area contributed by atoms with Crippen LogP contribution in [0, 0.1) is 57.7 Å². The molecule has 13 atom stereocenters. The highest BCUT2D eigenvalue weighted by molar-refractivity contribution is 5.83. The van der Waals surface area contributed by atoms with E-state index in [9.17, 15) is 25.2 Å². The molecule has 4 aliphatic carbocycles. The van der Waals surface area contributed by atoms with Gasteiger partial charge >= 0.3 is 0 Å². The zero-order valence-electron chi connectivity index (χ0n) is 22.5. The minimum Gasteiger partial charge on any atom is -0.390 e. The summed E-state index contributed by atoms with van der Waals surface area (Å²) in [5.74, 6) is 1.63. The summed E-state index contributed by atoms with van der Waals surface area (Å²) < 4.78 is 0. The number of Topliss-reactive ketones (excluding diaryl/α,β-unsaturated/α-hetero) is 1. The summed E-state index contributed by atoms with van der Waals surface area (Å²) in [5, 5.41) is 43.1. The molecule has 5 heteroatoms. The normalized spacial score (nSPS) is 48.3. The Labute approximate surface area is 206 Å². The lowest BCUT2D eigenvalue weighted by Gasteiger charge is -2.61. The van der Waals surface area contributed by atoms with Crippen LogP contribution in [0.25, 0.3) is 0 Å². The van der Waals surface area contributed by atoms with Crippen LogP contribution in [0.5, 0.6) is 0 Å². The number of aliphatic hydroxyl groups excluding tert-OH is 4. The zero-order chi connectivity index (χ0) is 25.4. The van der Waals surface area contributed by atoms with Gasteiger partial charge in [0.05, 0.1) is 24.4 Å². The van der Waals surface area contributed by atoms with Crippen LogP contribution in [0.2, 0.25) is 0 Å².